The SMILES string of the molecule is CC(C)[C@@H](OC(=O)c1ccn(C)c(=O)c1)C(=O)NC1CCCCCCC1. The highest BCUT2D eigenvalue weighted by Crippen LogP contribution is 2.18. The zero-order valence-electron chi connectivity index (χ0n) is 16.0. The summed E-state index contributed by atoms with van der Waals surface area (Å²) in [5, 5.41) is 3.06. The number of hydrogen-bond acceptors (Lipinski definition) is 4. The number of nitrogens with zero attached hydrogens (tertiary/aromatic N) is 1. The van der Waals surface area contributed by atoms with Crippen molar-refractivity contribution in [2.24, 2.45) is 13.0 Å². The Morgan fingerprint density at radius 3 is 2.35 bits per heavy atom. The largest absolute Gasteiger partial charge is 0.448 e. The van der Waals surface area contributed by atoms with E-state index in [0.29, 0.717) is 0 Å². The first-order chi connectivity index (χ1) is 12.4. The summed E-state index contributed by atoms with van der Waals surface area (Å²) in [5.41, 5.74) is -0.128. The molecule has 0 radical (unpaired) electrons. The van der Waals surface area contributed by atoms with E-state index in [1.165, 1.54) is 42.2 Å². The van der Waals surface area contributed by atoms with E-state index >= 15 is 0 Å². The van der Waals surface area contributed by atoms with Gasteiger partial charge in [-0.3, -0.25) is 9.59 Å². The van der Waals surface area contributed by atoms with Gasteiger partial charge < -0.3 is 14.6 Å². The van der Waals surface area contributed by atoms with Gasteiger partial charge in [-0.25, -0.2) is 4.79 Å². The Morgan fingerprint density at radius 2 is 1.77 bits per heavy atom. The van der Waals surface area contributed by atoms with Gasteiger partial charge in [-0.05, 0) is 24.8 Å². The highest BCUT2D eigenvalue weighted by atomic mass is 16.5. The summed E-state index contributed by atoms with van der Waals surface area (Å²) in [7, 11) is 1.61. The van der Waals surface area contributed by atoms with Crippen LogP contribution in [0.25, 0.3) is 0 Å². The third kappa shape index (κ3) is 5.71. The van der Waals surface area contributed by atoms with Gasteiger partial charge in [-0.1, -0.05) is 46.0 Å². The second-order valence-electron chi connectivity index (χ2n) is 7.49. The molecule has 0 saturated heterocycles. The van der Waals surface area contributed by atoms with Crippen LogP contribution in [-0.4, -0.2) is 28.6 Å². The van der Waals surface area contributed by atoms with E-state index in [1.807, 2.05) is 13.8 Å². The fraction of sp³-hybridized carbons (Fsp3) is 0.650. The van der Waals surface area contributed by atoms with Gasteiger partial charge in [0.25, 0.3) is 11.5 Å². The number of pyridine rings is 1. The highest BCUT2D eigenvalue weighted by Gasteiger charge is 2.29. The zero-order chi connectivity index (χ0) is 19.1. The first-order valence-corrected chi connectivity index (χ1v) is 9.56. The van der Waals surface area contributed by atoms with Crippen LogP contribution in [0.3, 0.4) is 0 Å². The van der Waals surface area contributed by atoms with Gasteiger partial charge in [0.15, 0.2) is 6.10 Å². The van der Waals surface area contributed by atoms with Crippen molar-refractivity contribution in [1.82, 2.24) is 9.88 Å². The standard InChI is InChI=1S/C20H30N2O4/c1-14(2)18(19(24)21-16-9-7-5-4-6-8-10-16)26-20(25)15-11-12-22(3)17(23)13-15/h11-14,16,18H,4-10H2,1-3H3,(H,21,24)/t18-/m1/s1. The van der Waals surface area contributed by atoms with Crippen LogP contribution in [0.2, 0.25) is 0 Å². The first kappa shape index (κ1) is 20.2. The Balaban J connectivity index is 2.02. The van der Waals surface area contributed by atoms with Crippen molar-refractivity contribution in [2.45, 2.75) is 70.9 Å². The second-order valence-corrected chi connectivity index (χ2v) is 7.49. The minimum absolute atomic E-state index is 0.145. The lowest BCUT2D eigenvalue weighted by atomic mass is 9.96. The molecule has 1 atom stereocenters. The summed E-state index contributed by atoms with van der Waals surface area (Å²) in [6.07, 6.45) is 8.50. The van der Waals surface area contributed by atoms with Crippen molar-refractivity contribution in [1.29, 1.82) is 0 Å². The maximum Gasteiger partial charge on any atom is 0.339 e. The van der Waals surface area contributed by atoms with E-state index in [9.17, 15) is 14.4 Å². The van der Waals surface area contributed by atoms with Crippen LogP contribution in [0.4, 0.5) is 0 Å². The quantitative estimate of drug-likeness (QED) is 0.817. The Kier molecular flexibility index (Phi) is 7.42. The van der Waals surface area contributed by atoms with E-state index in [0.717, 1.165) is 25.7 Å². The number of nitrogens with one attached hydrogen (secondary N) is 1. The molecule has 0 spiro atoms. The van der Waals surface area contributed by atoms with Gasteiger partial charge in [0.1, 0.15) is 0 Å². The van der Waals surface area contributed by atoms with E-state index in [1.54, 1.807) is 7.05 Å². The van der Waals surface area contributed by atoms with Gasteiger partial charge in [0.2, 0.25) is 0 Å². The molecule has 1 aliphatic rings. The number of esters is 1. The summed E-state index contributed by atoms with van der Waals surface area (Å²) in [4.78, 5) is 36.8. The van der Waals surface area contributed by atoms with Gasteiger partial charge in [0.05, 0.1) is 5.56 Å². The molecule has 1 aliphatic carbocycles. The Labute approximate surface area is 154 Å². The van der Waals surface area contributed by atoms with Gasteiger partial charge in [0, 0.05) is 25.4 Å². The Hall–Kier alpha value is -2.11. The molecule has 0 aliphatic heterocycles. The lowest BCUT2D eigenvalue weighted by Gasteiger charge is -2.26. The van der Waals surface area contributed by atoms with Crippen molar-refractivity contribution in [2.75, 3.05) is 0 Å². The molecule has 1 N–H and O–H groups in total. The Morgan fingerprint density at radius 1 is 1.15 bits per heavy atom. The molecule has 26 heavy (non-hydrogen) atoms. The van der Waals surface area contributed by atoms with Crippen molar-refractivity contribution in [3.8, 4) is 0 Å². The molecule has 1 heterocycles. The molecule has 1 aromatic rings. The number of carbonyl (C=O) groups excluding carboxylic acids is 2. The molecular weight excluding hydrogens is 332 g/mol. The molecule has 0 unspecified atom stereocenters. The van der Waals surface area contributed by atoms with Crippen LogP contribution in [-0.2, 0) is 16.6 Å². The summed E-state index contributed by atoms with van der Waals surface area (Å²) in [6, 6.07) is 2.90. The molecule has 0 aromatic carbocycles. The van der Waals surface area contributed by atoms with Gasteiger partial charge in [-0.15, -0.1) is 0 Å². The highest BCUT2D eigenvalue weighted by molar-refractivity contribution is 5.92. The van der Waals surface area contributed by atoms with Gasteiger partial charge >= 0.3 is 5.97 Å². The van der Waals surface area contributed by atoms with E-state index in [-0.39, 0.29) is 29.0 Å². The van der Waals surface area contributed by atoms with E-state index in [2.05, 4.69) is 5.32 Å². The fourth-order valence-electron chi connectivity index (χ4n) is 3.23. The number of hydrogen-bond donors (Lipinski definition) is 1. The number of aryl methyl sites for hydroxylation is 1. The second kappa shape index (κ2) is 9.55. The molecule has 1 saturated carbocycles. The van der Waals surface area contributed by atoms with Crippen molar-refractivity contribution in [3.05, 3.63) is 34.2 Å². The normalized spacial score (nSPS) is 17.2. The summed E-state index contributed by atoms with van der Waals surface area (Å²) < 4.78 is 6.83. The third-order valence-electron chi connectivity index (χ3n) is 4.89. The van der Waals surface area contributed by atoms with Crippen LogP contribution in [0.15, 0.2) is 23.1 Å². The minimum Gasteiger partial charge on any atom is -0.448 e. The van der Waals surface area contributed by atoms with Crippen molar-refractivity contribution >= 4 is 11.9 Å². The monoisotopic (exact) mass is 362 g/mol. The van der Waals surface area contributed by atoms with E-state index < -0.39 is 12.1 Å². The molecule has 0 bridgehead atoms. The lowest BCUT2D eigenvalue weighted by molar-refractivity contribution is -0.133. The molecule has 6 nitrogen and oxygen atoms in total. The number of aromatic nitrogens is 1. The molecule has 1 amide bonds. The molecule has 1 fully saturated rings. The van der Waals surface area contributed by atoms with Crippen LogP contribution in [0.1, 0.15) is 69.2 Å². The predicted molar refractivity (Wildman–Crippen MR) is 100.0 cm³/mol. The van der Waals surface area contributed by atoms with Crippen molar-refractivity contribution in [3.63, 3.8) is 0 Å². The topological polar surface area (TPSA) is 77.4 Å². The maximum atomic E-state index is 12.7. The first-order valence-electron chi connectivity index (χ1n) is 9.56. The van der Waals surface area contributed by atoms with E-state index in [4.69, 9.17) is 4.74 Å². The van der Waals surface area contributed by atoms with Crippen LogP contribution >= 0.6 is 0 Å². The molecule has 1 aromatic heterocycles. The summed E-state index contributed by atoms with van der Waals surface area (Å²) in [5.74, 6) is -1.05. The van der Waals surface area contributed by atoms with Crippen LogP contribution in [0.5, 0.6) is 0 Å². The smallest absolute Gasteiger partial charge is 0.339 e. The average Bonchev–Trinajstić information content (AvgIpc) is 2.56. The summed E-state index contributed by atoms with van der Waals surface area (Å²) in [6.45, 7) is 3.69. The number of amides is 1. The Bertz CT molecular complexity index is 673. The summed E-state index contributed by atoms with van der Waals surface area (Å²) >= 11 is 0. The van der Waals surface area contributed by atoms with Crippen LogP contribution < -0.4 is 10.9 Å². The fourth-order valence-corrected chi connectivity index (χ4v) is 3.23. The van der Waals surface area contributed by atoms with Gasteiger partial charge in [-0.2, -0.15) is 0 Å². The third-order valence-corrected chi connectivity index (χ3v) is 4.89. The molecule has 144 valence electrons. The maximum absolute atomic E-state index is 12.7. The minimum atomic E-state index is -0.864. The number of ether oxygens (including phenoxy) is 1. The number of carbonyl (C=O) groups is 2. The van der Waals surface area contributed by atoms with Crippen molar-refractivity contribution < 1.29 is 14.3 Å². The predicted octanol–water partition coefficient (Wildman–Crippen LogP) is 2.80. The molecule has 2 rings (SSSR count). The molecular formula is C20H30N2O4. The zero-order valence-corrected chi connectivity index (χ0v) is 16.0. The molecule has 6 heteroatoms. The lowest BCUT2D eigenvalue weighted by Crippen LogP contribution is -2.45. The average molecular weight is 362 g/mol. The number of rotatable bonds is 5. The van der Waals surface area contributed by atoms with Crippen LogP contribution in [0, 0.1) is 5.92 Å².